The third-order valence-corrected chi connectivity index (χ3v) is 5.85. The summed E-state index contributed by atoms with van der Waals surface area (Å²) in [5.41, 5.74) is 2.70. The summed E-state index contributed by atoms with van der Waals surface area (Å²) in [6.45, 7) is 3.91. The number of hydrogen-bond acceptors (Lipinski definition) is 5. The number of rotatable bonds is 8. The monoisotopic (exact) mass is 497 g/mol. The summed E-state index contributed by atoms with van der Waals surface area (Å²) in [4.78, 5) is 47.2. The maximum atomic E-state index is 13.7. The maximum Gasteiger partial charge on any atom is 0.319 e. The first kappa shape index (κ1) is 25.3. The standard InChI is InChI=1S/C28H27N5O4/c1-18-11-13-21(14-12-18)23(16-24(34)35)31-28(37)32-26-25(22-10-6-7-15-29-22)30-19(2)33(27(26)36)17-20-8-4-3-5-9-20/h3-15,23H,16-17H2,1-2H3,(H,34,35)(H2,31,32,37)/t23-/m1/s1. The second-order valence-electron chi connectivity index (χ2n) is 8.63. The van der Waals surface area contributed by atoms with E-state index < -0.39 is 23.6 Å². The number of aromatic nitrogens is 3. The van der Waals surface area contributed by atoms with Crippen LogP contribution >= 0.6 is 0 Å². The van der Waals surface area contributed by atoms with Crippen LogP contribution in [-0.2, 0) is 11.3 Å². The van der Waals surface area contributed by atoms with Gasteiger partial charge in [0.15, 0.2) is 0 Å². The Hall–Kier alpha value is -4.79. The Labute approximate surface area is 213 Å². The second kappa shape index (κ2) is 11.3. The summed E-state index contributed by atoms with van der Waals surface area (Å²) in [5.74, 6) is -0.605. The predicted molar refractivity (Wildman–Crippen MR) is 140 cm³/mol. The number of carboxylic acids is 1. The van der Waals surface area contributed by atoms with Crippen LogP contribution in [-0.4, -0.2) is 31.6 Å². The zero-order valence-corrected chi connectivity index (χ0v) is 20.5. The van der Waals surface area contributed by atoms with Gasteiger partial charge in [-0.25, -0.2) is 9.78 Å². The van der Waals surface area contributed by atoms with Crippen LogP contribution in [0, 0.1) is 13.8 Å². The molecule has 0 saturated heterocycles. The minimum atomic E-state index is -1.07. The molecule has 0 aliphatic carbocycles. The van der Waals surface area contributed by atoms with Crippen molar-refractivity contribution in [3.8, 4) is 11.4 Å². The van der Waals surface area contributed by atoms with Crippen LogP contribution in [0.15, 0.2) is 83.8 Å². The van der Waals surface area contributed by atoms with Gasteiger partial charge in [-0.05, 0) is 37.1 Å². The van der Waals surface area contributed by atoms with Gasteiger partial charge in [-0.3, -0.25) is 19.1 Å². The molecule has 4 rings (SSSR count). The highest BCUT2D eigenvalue weighted by Crippen LogP contribution is 2.23. The van der Waals surface area contributed by atoms with Crippen molar-refractivity contribution in [2.45, 2.75) is 32.9 Å². The van der Waals surface area contributed by atoms with Crippen molar-refractivity contribution in [1.29, 1.82) is 0 Å². The fourth-order valence-electron chi connectivity index (χ4n) is 3.95. The van der Waals surface area contributed by atoms with Gasteiger partial charge in [0.1, 0.15) is 17.2 Å². The molecule has 0 aliphatic rings. The molecule has 0 radical (unpaired) electrons. The predicted octanol–water partition coefficient (Wildman–Crippen LogP) is 4.31. The number of hydrogen-bond donors (Lipinski definition) is 3. The first-order valence-electron chi connectivity index (χ1n) is 11.7. The number of carbonyl (C=O) groups excluding carboxylic acids is 1. The number of nitrogens with zero attached hydrogens (tertiary/aromatic N) is 3. The number of nitrogens with one attached hydrogen (secondary N) is 2. The molecule has 0 bridgehead atoms. The van der Waals surface area contributed by atoms with E-state index in [-0.39, 0.29) is 24.3 Å². The summed E-state index contributed by atoms with van der Waals surface area (Å²) in [6, 6.07) is 20.3. The Bertz CT molecular complexity index is 1450. The smallest absolute Gasteiger partial charge is 0.319 e. The van der Waals surface area contributed by atoms with Gasteiger partial charge in [0.2, 0.25) is 0 Å². The van der Waals surface area contributed by atoms with E-state index in [0.717, 1.165) is 11.1 Å². The van der Waals surface area contributed by atoms with Crippen LogP contribution in [0.2, 0.25) is 0 Å². The van der Waals surface area contributed by atoms with Gasteiger partial charge in [0, 0.05) is 6.20 Å². The summed E-state index contributed by atoms with van der Waals surface area (Å²) < 4.78 is 1.48. The van der Waals surface area contributed by atoms with Gasteiger partial charge in [-0.1, -0.05) is 66.2 Å². The molecule has 9 nitrogen and oxygen atoms in total. The lowest BCUT2D eigenvalue weighted by Gasteiger charge is -2.20. The first-order chi connectivity index (χ1) is 17.8. The number of carbonyl (C=O) groups is 2. The van der Waals surface area contributed by atoms with Crippen LogP contribution in [0.1, 0.15) is 35.0 Å². The van der Waals surface area contributed by atoms with E-state index in [0.29, 0.717) is 17.1 Å². The normalized spacial score (nSPS) is 11.5. The topological polar surface area (TPSA) is 126 Å². The highest BCUT2D eigenvalue weighted by molar-refractivity contribution is 5.93. The lowest BCUT2D eigenvalue weighted by atomic mass is 10.0. The van der Waals surface area contributed by atoms with Crippen molar-refractivity contribution in [2.75, 3.05) is 5.32 Å². The van der Waals surface area contributed by atoms with Crippen molar-refractivity contribution < 1.29 is 14.7 Å². The van der Waals surface area contributed by atoms with Crippen molar-refractivity contribution in [3.63, 3.8) is 0 Å². The molecule has 2 amide bonds. The molecule has 2 aromatic heterocycles. The molecule has 37 heavy (non-hydrogen) atoms. The molecule has 2 aromatic carbocycles. The molecule has 1 atom stereocenters. The van der Waals surface area contributed by atoms with Crippen LogP contribution in [0.5, 0.6) is 0 Å². The molecule has 0 aliphatic heterocycles. The zero-order chi connectivity index (χ0) is 26.4. The Morgan fingerprint density at radius 2 is 1.68 bits per heavy atom. The summed E-state index contributed by atoms with van der Waals surface area (Å²) >= 11 is 0. The molecule has 3 N–H and O–H groups in total. The van der Waals surface area contributed by atoms with E-state index in [1.54, 1.807) is 43.5 Å². The maximum absolute atomic E-state index is 13.7. The van der Waals surface area contributed by atoms with Crippen molar-refractivity contribution in [2.24, 2.45) is 0 Å². The Balaban J connectivity index is 1.70. The van der Waals surface area contributed by atoms with E-state index in [9.17, 15) is 19.5 Å². The van der Waals surface area contributed by atoms with E-state index >= 15 is 0 Å². The van der Waals surface area contributed by atoms with Gasteiger partial charge in [-0.2, -0.15) is 0 Å². The SMILES string of the molecule is Cc1ccc([C@@H](CC(=O)O)NC(=O)Nc2c(-c3ccccn3)nc(C)n(Cc3ccccc3)c2=O)cc1. The first-order valence-corrected chi connectivity index (χ1v) is 11.7. The lowest BCUT2D eigenvalue weighted by molar-refractivity contribution is -0.137. The quantitative estimate of drug-likeness (QED) is 0.333. The summed E-state index contributed by atoms with van der Waals surface area (Å²) in [7, 11) is 0. The minimum Gasteiger partial charge on any atom is -0.481 e. The fourth-order valence-corrected chi connectivity index (χ4v) is 3.95. The molecular formula is C28H27N5O4. The Morgan fingerprint density at radius 3 is 2.32 bits per heavy atom. The number of anilines is 1. The molecule has 4 aromatic rings. The lowest BCUT2D eigenvalue weighted by Crippen LogP contribution is -2.37. The number of amides is 2. The van der Waals surface area contributed by atoms with E-state index in [1.165, 1.54) is 4.57 Å². The molecule has 0 unspecified atom stereocenters. The van der Waals surface area contributed by atoms with Crippen LogP contribution in [0.25, 0.3) is 11.4 Å². The number of aryl methyl sites for hydroxylation is 2. The third kappa shape index (κ3) is 6.26. The number of aliphatic carboxylic acids is 1. The largest absolute Gasteiger partial charge is 0.481 e. The number of pyridine rings is 1. The number of benzene rings is 2. The van der Waals surface area contributed by atoms with Gasteiger partial charge >= 0.3 is 12.0 Å². The number of urea groups is 1. The molecule has 9 heteroatoms. The third-order valence-electron chi connectivity index (χ3n) is 5.85. The zero-order valence-electron chi connectivity index (χ0n) is 20.5. The number of carboxylic acid groups (broad SMARTS) is 1. The molecule has 188 valence electrons. The van der Waals surface area contributed by atoms with E-state index in [1.807, 2.05) is 49.4 Å². The van der Waals surface area contributed by atoms with Crippen molar-refractivity contribution in [3.05, 3.63) is 112 Å². The van der Waals surface area contributed by atoms with Crippen LogP contribution < -0.4 is 16.2 Å². The van der Waals surface area contributed by atoms with Crippen LogP contribution in [0.3, 0.4) is 0 Å². The Morgan fingerprint density at radius 1 is 0.973 bits per heavy atom. The minimum absolute atomic E-state index is 0.0456. The average Bonchev–Trinajstić information content (AvgIpc) is 2.89. The van der Waals surface area contributed by atoms with Gasteiger partial charge in [0.25, 0.3) is 5.56 Å². The highest BCUT2D eigenvalue weighted by atomic mass is 16.4. The van der Waals surface area contributed by atoms with Gasteiger partial charge < -0.3 is 15.7 Å². The molecular weight excluding hydrogens is 470 g/mol. The fraction of sp³-hybridized carbons (Fsp3) is 0.179. The summed E-state index contributed by atoms with van der Waals surface area (Å²) in [5, 5.41) is 14.7. The molecule has 0 fully saturated rings. The molecule has 0 saturated carbocycles. The van der Waals surface area contributed by atoms with Crippen molar-refractivity contribution in [1.82, 2.24) is 19.9 Å². The van der Waals surface area contributed by atoms with E-state index in [2.05, 4.69) is 20.6 Å². The average molecular weight is 498 g/mol. The van der Waals surface area contributed by atoms with Crippen molar-refractivity contribution >= 4 is 17.7 Å². The Kier molecular flexibility index (Phi) is 7.73. The second-order valence-corrected chi connectivity index (χ2v) is 8.63. The van der Waals surface area contributed by atoms with Crippen LogP contribution in [0.4, 0.5) is 10.5 Å². The van der Waals surface area contributed by atoms with E-state index in [4.69, 9.17) is 0 Å². The summed E-state index contributed by atoms with van der Waals surface area (Å²) in [6.07, 6.45) is 1.25. The van der Waals surface area contributed by atoms with Gasteiger partial charge in [0.05, 0.1) is 24.7 Å². The molecule has 0 spiro atoms. The highest BCUT2D eigenvalue weighted by Gasteiger charge is 2.22. The molecule has 2 heterocycles. The van der Waals surface area contributed by atoms with Gasteiger partial charge in [-0.15, -0.1) is 0 Å².